The van der Waals surface area contributed by atoms with Gasteiger partial charge in [-0.3, -0.25) is 14.7 Å². The first-order valence-corrected chi connectivity index (χ1v) is 10.9. The highest BCUT2D eigenvalue weighted by Gasteiger charge is 2.21. The summed E-state index contributed by atoms with van der Waals surface area (Å²) in [5, 5.41) is 1.73. The molecule has 0 unspecified atom stereocenters. The number of carbonyl (C=O) groups excluding carboxylic acids is 2. The molecule has 0 radical (unpaired) electrons. The van der Waals surface area contributed by atoms with E-state index in [1.54, 1.807) is 37.7 Å². The molecular formula is C27H33N3O3. The van der Waals surface area contributed by atoms with Crippen molar-refractivity contribution in [2.24, 2.45) is 0 Å². The number of Topliss-reactive ketones (excluding diaryl/α,β-unsaturated/α-hetero) is 1. The highest BCUT2D eigenvalue weighted by Crippen LogP contribution is 2.27. The summed E-state index contributed by atoms with van der Waals surface area (Å²) in [6, 6.07) is 3.74. The van der Waals surface area contributed by atoms with Crippen LogP contribution in [0.25, 0.3) is 16.3 Å². The molecule has 33 heavy (non-hydrogen) atoms. The molecule has 0 fully saturated rings. The van der Waals surface area contributed by atoms with E-state index < -0.39 is 11.7 Å². The predicted molar refractivity (Wildman–Crippen MR) is 135 cm³/mol. The summed E-state index contributed by atoms with van der Waals surface area (Å²) in [5.74, 6) is 0.477. The molecule has 0 aliphatic carbocycles. The van der Waals surface area contributed by atoms with Crippen LogP contribution in [0.3, 0.4) is 0 Å². The average Bonchev–Trinajstić information content (AvgIpc) is 2.75. The van der Waals surface area contributed by atoms with Crippen LogP contribution < -0.4 is 4.90 Å². The lowest BCUT2D eigenvalue weighted by molar-refractivity contribution is -0.115. The fourth-order valence-electron chi connectivity index (χ4n) is 3.17. The summed E-state index contributed by atoms with van der Waals surface area (Å²) in [4.78, 5) is 34.9. The van der Waals surface area contributed by atoms with Gasteiger partial charge in [-0.05, 0) is 70.4 Å². The number of amides is 1. The first-order chi connectivity index (χ1) is 15.5. The van der Waals surface area contributed by atoms with Crippen LogP contribution in [0.15, 0.2) is 67.1 Å². The van der Waals surface area contributed by atoms with Gasteiger partial charge in [0.1, 0.15) is 11.4 Å². The maximum Gasteiger partial charge on any atom is 0.415 e. The van der Waals surface area contributed by atoms with Crippen molar-refractivity contribution in [2.75, 3.05) is 11.9 Å². The number of anilines is 1. The third kappa shape index (κ3) is 6.97. The van der Waals surface area contributed by atoms with E-state index in [1.807, 2.05) is 46.8 Å². The van der Waals surface area contributed by atoms with Crippen LogP contribution in [0.4, 0.5) is 10.6 Å². The van der Waals surface area contributed by atoms with Crippen LogP contribution in [0.1, 0.15) is 53.2 Å². The Balaban J connectivity index is 2.29. The van der Waals surface area contributed by atoms with Crippen LogP contribution >= 0.6 is 0 Å². The van der Waals surface area contributed by atoms with Crippen molar-refractivity contribution in [1.82, 2.24) is 9.97 Å². The lowest BCUT2D eigenvalue weighted by atomic mass is 9.98. The van der Waals surface area contributed by atoms with Crippen molar-refractivity contribution in [3.63, 3.8) is 0 Å². The second-order valence-electron chi connectivity index (χ2n) is 8.80. The standard InChI is InChI=1S/C27H33N3O3/c1-9-11-12-24(31)19(4)13-18(3)22(10-2)23-14-20-17-29-25(15-21(20)16-28-23)30(8)26(32)33-27(5,6)7/h9-10,13-17H,1,4,11-12H2,2-3,5-8H3/b18-13-,22-10+. The van der Waals surface area contributed by atoms with E-state index in [0.29, 0.717) is 24.2 Å². The third-order valence-electron chi connectivity index (χ3n) is 4.91. The van der Waals surface area contributed by atoms with Gasteiger partial charge in [-0.15, -0.1) is 6.58 Å². The van der Waals surface area contributed by atoms with Gasteiger partial charge >= 0.3 is 6.09 Å². The zero-order valence-corrected chi connectivity index (χ0v) is 20.4. The average molecular weight is 448 g/mol. The predicted octanol–water partition coefficient (Wildman–Crippen LogP) is 6.44. The van der Waals surface area contributed by atoms with Crippen molar-refractivity contribution >= 4 is 34.0 Å². The molecule has 0 aliphatic rings. The Morgan fingerprint density at radius 3 is 2.39 bits per heavy atom. The Morgan fingerprint density at radius 1 is 1.15 bits per heavy atom. The van der Waals surface area contributed by atoms with Crippen LogP contribution in [0, 0.1) is 0 Å². The van der Waals surface area contributed by atoms with Gasteiger partial charge in [0.2, 0.25) is 0 Å². The van der Waals surface area contributed by atoms with Gasteiger partial charge in [-0.25, -0.2) is 9.78 Å². The van der Waals surface area contributed by atoms with E-state index in [4.69, 9.17) is 4.74 Å². The topological polar surface area (TPSA) is 72.4 Å². The van der Waals surface area contributed by atoms with Crippen molar-refractivity contribution in [3.8, 4) is 0 Å². The molecule has 0 bridgehead atoms. The minimum absolute atomic E-state index is 0.00186. The van der Waals surface area contributed by atoms with Crippen molar-refractivity contribution in [1.29, 1.82) is 0 Å². The molecule has 0 aliphatic heterocycles. The molecule has 2 aromatic rings. The summed E-state index contributed by atoms with van der Waals surface area (Å²) in [5.41, 5.74) is 2.44. The molecular weight excluding hydrogens is 414 g/mol. The number of rotatable bonds is 8. The largest absolute Gasteiger partial charge is 0.443 e. The number of carbonyl (C=O) groups is 2. The Labute approximate surface area is 196 Å². The molecule has 6 heteroatoms. The molecule has 0 atom stereocenters. The number of allylic oxidation sites excluding steroid dienone is 6. The number of nitrogens with zero attached hydrogens (tertiary/aromatic N) is 3. The number of pyridine rings is 2. The zero-order valence-electron chi connectivity index (χ0n) is 20.4. The van der Waals surface area contributed by atoms with E-state index in [0.717, 1.165) is 27.6 Å². The summed E-state index contributed by atoms with van der Waals surface area (Å²) >= 11 is 0. The maximum atomic E-state index is 12.3. The van der Waals surface area contributed by atoms with Gasteiger partial charge < -0.3 is 4.74 Å². The number of hydrogen-bond acceptors (Lipinski definition) is 5. The second kappa shape index (κ2) is 10.9. The minimum atomic E-state index is -0.589. The number of fused-ring (bicyclic) bond motifs is 1. The van der Waals surface area contributed by atoms with Crippen molar-refractivity contribution in [3.05, 3.63) is 72.8 Å². The van der Waals surface area contributed by atoms with Gasteiger partial charge in [0.25, 0.3) is 0 Å². The molecule has 1 amide bonds. The lowest BCUT2D eigenvalue weighted by Gasteiger charge is -2.24. The van der Waals surface area contributed by atoms with Crippen LogP contribution in [0.2, 0.25) is 0 Å². The van der Waals surface area contributed by atoms with Gasteiger partial charge in [0, 0.05) is 42.2 Å². The van der Waals surface area contributed by atoms with Crippen LogP contribution in [-0.2, 0) is 9.53 Å². The normalized spacial score (nSPS) is 12.4. The quantitative estimate of drug-likeness (QED) is 0.264. The van der Waals surface area contributed by atoms with Crippen LogP contribution in [-0.4, -0.2) is 34.5 Å². The Kier molecular flexibility index (Phi) is 8.46. The van der Waals surface area contributed by atoms with Crippen LogP contribution in [0.5, 0.6) is 0 Å². The maximum absolute atomic E-state index is 12.3. The summed E-state index contributed by atoms with van der Waals surface area (Å²) < 4.78 is 5.41. The van der Waals surface area contributed by atoms with E-state index in [-0.39, 0.29) is 5.78 Å². The van der Waals surface area contributed by atoms with E-state index in [2.05, 4.69) is 23.1 Å². The molecule has 0 N–H and O–H groups in total. The first kappa shape index (κ1) is 25.7. The number of ketones is 1. The smallest absolute Gasteiger partial charge is 0.415 e. The van der Waals surface area contributed by atoms with Gasteiger partial charge in [-0.2, -0.15) is 0 Å². The van der Waals surface area contributed by atoms with E-state index in [9.17, 15) is 9.59 Å². The molecule has 0 spiro atoms. The summed E-state index contributed by atoms with van der Waals surface area (Å²) in [6.07, 6.45) is 9.49. The van der Waals surface area contributed by atoms with E-state index >= 15 is 0 Å². The molecule has 6 nitrogen and oxygen atoms in total. The summed E-state index contributed by atoms with van der Waals surface area (Å²) in [7, 11) is 1.62. The van der Waals surface area contributed by atoms with Gasteiger partial charge in [0.05, 0.1) is 5.69 Å². The Morgan fingerprint density at radius 2 is 1.79 bits per heavy atom. The van der Waals surface area contributed by atoms with Crippen molar-refractivity contribution < 1.29 is 14.3 Å². The Hall–Kier alpha value is -3.54. The number of ether oxygens (including phenoxy) is 1. The third-order valence-corrected chi connectivity index (χ3v) is 4.91. The highest BCUT2D eigenvalue weighted by atomic mass is 16.6. The van der Waals surface area contributed by atoms with Gasteiger partial charge in [0.15, 0.2) is 5.78 Å². The summed E-state index contributed by atoms with van der Waals surface area (Å²) in [6.45, 7) is 16.9. The molecule has 0 saturated carbocycles. The monoisotopic (exact) mass is 447 g/mol. The second-order valence-corrected chi connectivity index (χ2v) is 8.80. The molecule has 2 heterocycles. The highest BCUT2D eigenvalue weighted by molar-refractivity contribution is 5.98. The van der Waals surface area contributed by atoms with Gasteiger partial charge in [-0.1, -0.05) is 18.7 Å². The van der Waals surface area contributed by atoms with E-state index in [1.165, 1.54) is 4.90 Å². The fraction of sp³-hybridized carbons (Fsp3) is 0.333. The van der Waals surface area contributed by atoms with Crippen molar-refractivity contribution in [2.45, 2.75) is 53.1 Å². The fourth-order valence-corrected chi connectivity index (χ4v) is 3.17. The first-order valence-electron chi connectivity index (χ1n) is 10.9. The molecule has 0 saturated heterocycles. The lowest BCUT2D eigenvalue weighted by Crippen LogP contribution is -2.34. The molecule has 174 valence electrons. The molecule has 2 aromatic heterocycles. The minimum Gasteiger partial charge on any atom is -0.443 e. The number of aromatic nitrogens is 2. The molecule has 0 aromatic carbocycles. The SMILES string of the molecule is C=CCCC(=O)C(=C)/C=C(C)\C(=C/C)c1cc2cnc(N(C)C(=O)OC(C)(C)C)cc2cn1. The Bertz CT molecular complexity index is 1140. The number of hydrogen-bond donors (Lipinski definition) is 0. The molecule has 2 rings (SSSR count). The zero-order chi connectivity index (χ0) is 24.8.